The highest BCUT2D eigenvalue weighted by molar-refractivity contribution is 6.07. The van der Waals surface area contributed by atoms with Crippen molar-refractivity contribution in [2.45, 2.75) is 108 Å². The standard InChI is InChI=1S/C47H55N7O7/c1-24(2)39(51-46(57)60-5)45(56)54-31-14-9-30(22-31)42(54)37-23-34-32-15-10-26(20-28(32)12-17-35(34)48-37)27-11-16-33-29(21-27)13-18-36-41(33)50-43(49-36)38-8-7-19-53(38)44(55)40(25(3)59-4)52-47(58)61-6/h10-11,13,15-16,18,20-21,24-25,30-31,38-40,42H,7-9,12,14,17,19,22-23H2,1-6H3,(H,49,50)(H,51,57)(H,52,58)/t25-,30+,31-,38+,39+,40+,42+/m1/s1. The molecule has 3 aromatic carbocycles. The maximum absolute atomic E-state index is 14.2. The van der Waals surface area contributed by atoms with Crippen LogP contribution in [0.2, 0.25) is 0 Å². The highest BCUT2D eigenvalue weighted by Gasteiger charge is 2.52. The Morgan fingerprint density at radius 1 is 0.852 bits per heavy atom. The number of rotatable bonds is 10. The topological polar surface area (TPSA) is 168 Å². The van der Waals surface area contributed by atoms with E-state index in [2.05, 4.69) is 69.0 Å². The van der Waals surface area contributed by atoms with E-state index < -0.39 is 30.4 Å². The van der Waals surface area contributed by atoms with Crippen LogP contribution in [0.15, 0.2) is 59.2 Å². The van der Waals surface area contributed by atoms with Crippen LogP contribution in [-0.4, -0.2) is 108 Å². The number of nitrogens with zero attached hydrogens (tertiary/aromatic N) is 4. The second-order valence-corrected chi connectivity index (χ2v) is 17.6. The molecule has 3 aliphatic heterocycles. The minimum Gasteiger partial charge on any atom is -0.453 e. The molecule has 4 amide bonds. The average Bonchev–Trinajstić information content (AvgIpc) is 4.13. The summed E-state index contributed by atoms with van der Waals surface area (Å²) in [5.41, 5.74) is 10.1. The molecule has 14 heteroatoms. The second-order valence-electron chi connectivity index (χ2n) is 17.6. The SMILES string of the molecule is COC(=O)N[C@H](C(=O)N1[C@@H]2CC[C@@H](C2)[C@H]1C1=NC2=C(C1)c1ccc(-c3ccc4c(ccc5[nH]c([C@@H]6CCCN6C(=O)[C@@H](NC(=O)OC)[C@@H](C)OC)nc54)c3)cc1CC2)C(C)C. The molecule has 5 aliphatic rings. The molecule has 7 atom stereocenters. The van der Waals surface area contributed by atoms with Crippen molar-refractivity contribution in [3.05, 3.63) is 71.2 Å². The van der Waals surface area contributed by atoms with Gasteiger partial charge in [0.15, 0.2) is 0 Å². The van der Waals surface area contributed by atoms with Crippen molar-refractivity contribution in [3.63, 3.8) is 0 Å². The zero-order valence-electron chi connectivity index (χ0n) is 35.7. The average molecular weight is 830 g/mol. The predicted molar refractivity (Wildman–Crippen MR) is 232 cm³/mol. The lowest BCUT2D eigenvalue weighted by Crippen LogP contribution is -2.57. The molecular formula is C47H55N7O7. The predicted octanol–water partition coefficient (Wildman–Crippen LogP) is 7.07. The highest BCUT2D eigenvalue weighted by Crippen LogP contribution is 2.48. The zero-order chi connectivity index (χ0) is 42.7. The van der Waals surface area contributed by atoms with Gasteiger partial charge in [-0.05, 0) is 109 Å². The minimum absolute atomic E-state index is 0.0380. The second kappa shape index (κ2) is 16.3. The molecule has 2 bridgehead atoms. The maximum Gasteiger partial charge on any atom is 0.407 e. The van der Waals surface area contributed by atoms with Gasteiger partial charge in [0.2, 0.25) is 11.8 Å². The van der Waals surface area contributed by atoms with Crippen molar-refractivity contribution in [1.82, 2.24) is 30.4 Å². The molecule has 0 unspecified atom stereocenters. The van der Waals surface area contributed by atoms with Crippen molar-refractivity contribution in [2.24, 2.45) is 16.8 Å². The third kappa shape index (κ3) is 7.21. The molecule has 2 saturated heterocycles. The number of likely N-dealkylation sites (tertiary alicyclic amines) is 2. The van der Waals surface area contributed by atoms with Crippen LogP contribution in [0.25, 0.3) is 38.5 Å². The molecule has 1 aromatic heterocycles. The number of carbonyl (C=O) groups excluding carboxylic acids is 4. The van der Waals surface area contributed by atoms with Crippen molar-refractivity contribution in [1.29, 1.82) is 0 Å². The van der Waals surface area contributed by atoms with Crippen LogP contribution in [0.5, 0.6) is 0 Å². The summed E-state index contributed by atoms with van der Waals surface area (Å²) < 4.78 is 15.1. The summed E-state index contributed by atoms with van der Waals surface area (Å²) in [4.78, 5) is 70.0. The first kappa shape index (κ1) is 40.6. The lowest BCUT2D eigenvalue weighted by molar-refractivity contribution is -0.138. The van der Waals surface area contributed by atoms with Crippen LogP contribution in [0, 0.1) is 11.8 Å². The third-order valence-corrected chi connectivity index (χ3v) is 13.9. The number of nitrogens with one attached hydrogen (secondary N) is 3. The number of hydrogen-bond acceptors (Lipinski definition) is 9. The third-order valence-electron chi connectivity index (χ3n) is 13.9. The quantitative estimate of drug-likeness (QED) is 0.153. The number of ether oxygens (including phenoxy) is 3. The summed E-state index contributed by atoms with van der Waals surface area (Å²) in [6.45, 7) is 6.21. The molecule has 9 rings (SSSR count). The first-order valence-electron chi connectivity index (χ1n) is 21.7. The van der Waals surface area contributed by atoms with Crippen molar-refractivity contribution < 1.29 is 33.4 Å². The van der Waals surface area contributed by atoms with Crippen LogP contribution in [0.1, 0.15) is 88.7 Å². The van der Waals surface area contributed by atoms with Gasteiger partial charge < -0.3 is 39.6 Å². The molecule has 0 spiro atoms. The van der Waals surface area contributed by atoms with Crippen molar-refractivity contribution in [2.75, 3.05) is 27.9 Å². The number of allylic oxidation sites excluding steroid dienone is 2. The Labute approximate surface area is 355 Å². The lowest BCUT2D eigenvalue weighted by atomic mass is 9.84. The van der Waals surface area contributed by atoms with E-state index >= 15 is 0 Å². The van der Waals surface area contributed by atoms with Crippen LogP contribution >= 0.6 is 0 Å². The number of H-pyrrole nitrogens is 1. The Morgan fingerprint density at radius 3 is 2.36 bits per heavy atom. The molecule has 14 nitrogen and oxygen atoms in total. The van der Waals surface area contributed by atoms with Crippen molar-refractivity contribution >= 4 is 57.1 Å². The largest absolute Gasteiger partial charge is 0.453 e. The summed E-state index contributed by atoms with van der Waals surface area (Å²) in [6, 6.07) is 15.7. The molecule has 2 aliphatic carbocycles. The fourth-order valence-corrected chi connectivity index (χ4v) is 10.7. The van der Waals surface area contributed by atoms with Gasteiger partial charge in [0.1, 0.15) is 17.9 Å². The number of carbonyl (C=O) groups is 4. The number of aryl methyl sites for hydroxylation is 1. The number of imidazole rings is 1. The summed E-state index contributed by atoms with van der Waals surface area (Å²) in [6.07, 6.45) is 5.28. The normalized spacial score (nSPS) is 23.2. The molecular weight excluding hydrogens is 775 g/mol. The Morgan fingerprint density at radius 2 is 1.61 bits per heavy atom. The van der Waals surface area contributed by atoms with E-state index in [1.165, 1.54) is 38.0 Å². The van der Waals surface area contributed by atoms with Gasteiger partial charge in [0.05, 0.1) is 43.4 Å². The molecule has 1 saturated carbocycles. The lowest BCUT2D eigenvalue weighted by Gasteiger charge is -2.38. The number of methoxy groups -OCH3 is 3. The summed E-state index contributed by atoms with van der Waals surface area (Å²) in [5, 5.41) is 7.56. The number of piperidine rings is 1. The van der Waals surface area contributed by atoms with E-state index in [9.17, 15) is 19.2 Å². The highest BCUT2D eigenvalue weighted by atomic mass is 16.5. The van der Waals surface area contributed by atoms with E-state index in [-0.39, 0.29) is 35.9 Å². The van der Waals surface area contributed by atoms with Gasteiger partial charge in [-0.1, -0.05) is 50.2 Å². The summed E-state index contributed by atoms with van der Waals surface area (Å²) >= 11 is 0. The molecule has 4 heterocycles. The van der Waals surface area contributed by atoms with E-state index in [4.69, 9.17) is 24.2 Å². The first-order chi connectivity index (χ1) is 29.5. The van der Waals surface area contributed by atoms with Gasteiger partial charge in [0, 0.05) is 42.9 Å². The van der Waals surface area contributed by atoms with E-state index in [1.807, 2.05) is 13.8 Å². The molecule has 3 fully saturated rings. The van der Waals surface area contributed by atoms with E-state index in [0.29, 0.717) is 12.5 Å². The Bertz CT molecular complexity index is 2490. The zero-order valence-corrected chi connectivity index (χ0v) is 35.7. The Kier molecular flexibility index (Phi) is 10.8. The minimum atomic E-state index is -0.898. The van der Waals surface area contributed by atoms with Gasteiger partial charge in [-0.15, -0.1) is 0 Å². The number of fused-ring (bicyclic) bond motifs is 7. The van der Waals surface area contributed by atoms with Crippen molar-refractivity contribution in [3.8, 4) is 11.1 Å². The molecule has 0 radical (unpaired) electrons. The van der Waals surface area contributed by atoms with Crippen LogP contribution in [0.4, 0.5) is 9.59 Å². The first-order valence-corrected chi connectivity index (χ1v) is 21.7. The fourth-order valence-electron chi connectivity index (χ4n) is 10.7. The van der Waals surface area contributed by atoms with Gasteiger partial charge in [0.25, 0.3) is 0 Å². The van der Waals surface area contributed by atoms with Crippen LogP contribution < -0.4 is 10.6 Å². The Balaban J connectivity index is 0.933. The summed E-state index contributed by atoms with van der Waals surface area (Å²) in [7, 11) is 4.11. The maximum atomic E-state index is 14.2. The Hall–Kier alpha value is -5.76. The summed E-state index contributed by atoms with van der Waals surface area (Å²) in [5.74, 6) is 0.744. The van der Waals surface area contributed by atoms with Crippen LogP contribution in [0.3, 0.4) is 0 Å². The number of benzene rings is 3. The molecule has 61 heavy (non-hydrogen) atoms. The fraction of sp³-hybridized carbons (Fsp3) is 0.489. The van der Waals surface area contributed by atoms with Crippen LogP contribution in [-0.2, 0) is 30.2 Å². The number of aromatic amines is 1. The molecule has 3 N–H and O–H groups in total. The smallest absolute Gasteiger partial charge is 0.407 e. The van der Waals surface area contributed by atoms with E-state index in [1.54, 1.807) is 11.8 Å². The monoisotopic (exact) mass is 829 g/mol. The number of aromatic nitrogens is 2. The van der Waals surface area contributed by atoms with Gasteiger partial charge >= 0.3 is 12.2 Å². The van der Waals surface area contributed by atoms with E-state index in [0.717, 1.165) is 102 Å². The number of aliphatic imine (C=N–C) groups is 1. The number of amides is 4. The molecule has 4 aromatic rings. The molecule has 320 valence electrons. The number of alkyl carbamates (subject to hydrolysis) is 2. The number of hydrogen-bond donors (Lipinski definition) is 3. The van der Waals surface area contributed by atoms with Gasteiger partial charge in [-0.2, -0.15) is 0 Å². The van der Waals surface area contributed by atoms with Gasteiger partial charge in [-0.25, -0.2) is 14.6 Å². The van der Waals surface area contributed by atoms with Gasteiger partial charge in [-0.3, -0.25) is 14.6 Å².